The topological polar surface area (TPSA) is 46.5 Å². The first kappa shape index (κ1) is 14.9. The van der Waals surface area contributed by atoms with Gasteiger partial charge in [-0.2, -0.15) is 0 Å². The van der Waals surface area contributed by atoms with Crippen molar-refractivity contribution in [2.45, 2.75) is 45.4 Å². The van der Waals surface area contributed by atoms with Gasteiger partial charge >= 0.3 is 5.97 Å². The zero-order chi connectivity index (χ0) is 14.4. The Morgan fingerprint density at radius 3 is 2.70 bits per heavy atom. The molecule has 0 amide bonds. The van der Waals surface area contributed by atoms with Gasteiger partial charge in [-0.05, 0) is 49.3 Å². The van der Waals surface area contributed by atoms with Crippen molar-refractivity contribution in [2.24, 2.45) is 11.8 Å². The number of carboxylic acids is 1. The summed E-state index contributed by atoms with van der Waals surface area (Å²) in [5.74, 6) is 0.436. The largest absolute Gasteiger partial charge is 0.493 e. The summed E-state index contributed by atoms with van der Waals surface area (Å²) in [6, 6.07) is 8.25. The van der Waals surface area contributed by atoms with Crippen LogP contribution in [-0.2, 0) is 11.2 Å². The molecule has 20 heavy (non-hydrogen) atoms. The maximum Gasteiger partial charge on any atom is 0.306 e. The van der Waals surface area contributed by atoms with Crippen molar-refractivity contribution in [3.63, 3.8) is 0 Å². The summed E-state index contributed by atoms with van der Waals surface area (Å²) in [6.45, 7) is 2.81. The normalized spacial score (nSPS) is 22.4. The smallest absolute Gasteiger partial charge is 0.306 e. The Bertz CT molecular complexity index is 424. The predicted molar refractivity (Wildman–Crippen MR) is 79.0 cm³/mol. The van der Waals surface area contributed by atoms with Crippen LogP contribution in [0.5, 0.6) is 5.75 Å². The molecule has 1 aliphatic carbocycles. The second-order valence-corrected chi connectivity index (χ2v) is 5.77. The van der Waals surface area contributed by atoms with E-state index in [9.17, 15) is 4.79 Å². The lowest BCUT2D eigenvalue weighted by molar-refractivity contribution is -0.143. The minimum Gasteiger partial charge on any atom is -0.493 e. The third-order valence-corrected chi connectivity index (χ3v) is 4.08. The third kappa shape index (κ3) is 4.26. The first-order valence-corrected chi connectivity index (χ1v) is 7.63. The highest BCUT2D eigenvalue weighted by atomic mass is 16.5. The van der Waals surface area contributed by atoms with E-state index in [1.807, 2.05) is 12.1 Å². The molecule has 0 aromatic heterocycles. The zero-order valence-corrected chi connectivity index (χ0v) is 12.2. The summed E-state index contributed by atoms with van der Waals surface area (Å²) in [5, 5.41) is 9.08. The minimum atomic E-state index is -0.654. The summed E-state index contributed by atoms with van der Waals surface area (Å²) in [5.41, 5.74) is 1.34. The van der Waals surface area contributed by atoms with Gasteiger partial charge in [0, 0.05) is 0 Å². The molecule has 2 atom stereocenters. The molecule has 1 aromatic carbocycles. The van der Waals surface area contributed by atoms with Crippen LogP contribution in [0, 0.1) is 11.8 Å². The molecular formula is C17H24O3. The van der Waals surface area contributed by atoms with Gasteiger partial charge in [0.1, 0.15) is 5.75 Å². The average molecular weight is 276 g/mol. The molecule has 1 fully saturated rings. The van der Waals surface area contributed by atoms with E-state index in [2.05, 4.69) is 19.1 Å². The molecule has 0 spiro atoms. The fourth-order valence-electron chi connectivity index (χ4n) is 2.92. The Labute approximate surface area is 121 Å². The van der Waals surface area contributed by atoms with Gasteiger partial charge in [0.05, 0.1) is 12.5 Å². The Hall–Kier alpha value is -1.51. The molecule has 1 N–H and O–H groups in total. The summed E-state index contributed by atoms with van der Waals surface area (Å²) in [6.07, 6.45) is 5.90. The molecule has 1 aliphatic rings. The minimum absolute atomic E-state index is 0.177. The maximum absolute atomic E-state index is 11.0. The van der Waals surface area contributed by atoms with Gasteiger partial charge in [0.25, 0.3) is 0 Å². The fourth-order valence-corrected chi connectivity index (χ4v) is 2.92. The maximum atomic E-state index is 11.0. The number of carboxylic acid groups (broad SMARTS) is 1. The van der Waals surface area contributed by atoms with Crippen molar-refractivity contribution in [3.8, 4) is 5.75 Å². The molecule has 1 saturated carbocycles. The van der Waals surface area contributed by atoms with Crippen LogP contribution in [0.1, 0.15) is 44.6 Å². The van der Waals surface area contributed by atoms with Crippen molar-refractivity contribution in [2.75, 3.05) is 6.61 Å². The van der Waals surface area contributed by atoms with Crippen LogP contribution in [-0.4, -0.2) is 17.7 Å². The molecule has 0 saturated heterocycles. The molecule has 110 valence electrons. The highest BCUT2D eigenvalue weighted by molar-refractivity contribution is 5.70. The van der Waals surface area contributed by atoms with Gasteiger partial charge in [-0.15, -0.1) is 0 Å². The Balaban J connectivity index is 1.80. The Morgan fingerprint density at radius 2 is 2.05 bits per heavy atom. The van der Waals surface area contributed by atoms with Crippen molar-refractivity contribution in [3.05, 3.63) is 29.8 Å². The SMILES string of the molecule is CCCc1ccc(OC[C@@H]2CCC[C@H](C(=O)O)C2)cc1. The van der Waals surface area contributed by atoms with Crippen LogP contribution < -0.4 is 4.74 Å². The molecular weight excluding hydrogens is 252 g/mol. The molecule has 0 radical (unpaired) electrons. The van der Waals surface area contributed by atoms with Crippen LogP contribution in [0.2, 0.25) is 0 Å². The summed E-state index contributed by atoms with van der Waals surface area (Å²) >= 11 is 0. The highest BCUT2D eigenvalue weighted by Crippen LogP contribution is 2.29. The third-order valence-electron chi connectivity index (χ3n) is 4.08. The Morgan fingerprint density at radius 1 is 1.30 bits per heavy atom. The van der Waals surface area contributed by atoms with E-state index < -0.39 is 5.97 Å². The van der Waals surface area contributed by atoms with E-state index in [0.29, 0.717) is 12.5 Å². The quantitative estimate of drug-likeness (QED) is 0.857. The molecule has 3 heteroatoms. The highest BCUT2D eigenvalue weighted by Gasteiger charge is 2.27. The van der Waals surface area contributed by atoms with Crippen molar-refractivity contribution in [1.29, 1.82) is 0 Å². The fraction of sp³-hybridized carbons (Fsp3) is 0.588. The lowest BCUT2D eigenvalue weighted by Crippen LogP contribution is -2.25. The van der Waals surface area contributed by atoms with Crippen molar-refractivity contribution < 1.29 is 14.6 Å². The monoisotopic (exact) mass is 276 g/mol. The average Bonchev–Trinajstić information content (AvgIpc) is 2.47. The molecule has 1 aromatic rings. The number of aliphatic carboxylic acids is 1. The van der Waals surface area contributed by atoms with Gasteiger partial charge < -0.3 is 9.84 Å². The van der Waals surface area contributed by atoms with Crippen LogP contribution in [0.3, 0.4) is 0 Å². The number of hydrogen-bond donors (Lipinski definition) is 1. The van der Waals surface area contributed by atoms with Gasteiger partial charge in [-0.3, -0.25) is 4.79 Å². The predicted octanol–water partition coefficient (Wildman–Crippen LogP) is 3.91. The summed E-state index contributed by atoms with van der Waals surface area (Å²) < 4.78 is 5.81. The molecule has 3 nitrogen and oxygen atoms in total. The van der Waals surface area contributed by atoms with Gasteiger partial charge in [-0.1, -0.05) is 31.9 Å². The first-order valence-electron chi connectivity index (χ1n) is 7.63. The summed E-state index contributed by atoms with van der Waals surface area (Å²) in [7, 11) is 0. The second kappa shape index (κ2) is 7.32. The molecule has 0 unspecified atom stereocenters. The van der Waals surface area contributed by atoms with Crippen LogP contribution in [0.25, 0.3) is 0 Å². The molecule has 2 rings (SSSR count). The van der Waals surface area contributed by atoms with E-state index in [0.717, 1.165) is 44.3 Å². The lowest BCUT2D eigenvalue weighted by Gasteiger charge is -2.26. The van der Waals surface area contributed by atoms with Crippen molar-refractivity contribution >= 4 is 5.97 Å². The van der Waals surface area contributed by atoms with E-state index in [-0.39, 0.29) is 5.92 Å². The lowest BCUT2D eigenvalue weighted by atomic mass is 9.82. The standard InChI is InChI=1S/C17H24O3/c1-2-4-13-7-9-16(10-8-13)20-12-14-5-3-6-15(11-14)17(18)19/h7-10,14-15H,2-6,11-12H2,1H3,(H,18,19)/t14-,15+/m1/s1. The second-order valence-electron chi connectivity index (χ2n) is 5.77. The van der Waals surface area contributed by atoms with Gasteiger partial charge in [-0.25, -0.2) is 0 Å². The molecule has 0 heterocycles. The van der Waals surface area contributed by atoms with Crippen molar-refractivity contribution in [1.82, 2.24) is 0 Å². The van der Waals surface area contributed by atoms with E-state index in [1.54, 1.807) is 0 Å². The molecule has 0 bridgehead atoms. The number of hydrogen-bond acceptors (Lipinski definition) is 2. The van der Waals surface area contributed by atoms with Gasteiger partial charge in [0.2, 0.25) is 0 Å². The molecule has 0 aliphatic heterocycles. The van der Waals surface area contributed by atoms with Crippen LogP contribution in [0.15, 0.2) is 24.3 Å². The van der Waals surface area contributed by atoms with Gasteiger partial charge in [0.15, 0.2) is 0 Å². The number of benzene rings is 1. The number of carbonyl (C=O) groups is 1. The zero-order valence-electron chi connectivity index (χ0n) is 12.2. The Kier molecular flexibility index (Phi) is 5.45. The number of aryl methyl sites for hydroxylation is 1. The number of rotatable bonds is 6. The van der Waals surface area contributed by atoms with E-state index >= 15 is 0 Å². The summed E-state index contributed by atoms with van der Waals surface area (Å²) in [4.78, 5) is 11.0. The van der Waals surface area contributed by atoms with Crippen LogP contribution in [0.4, 0.5) is 0 Å². The number of ether oxygens (including phenoxy) is 1. The van der Waals surface area contributed by atoms with Crippen LogP contribution >= 0.6 is 0 Å². The van der Waals surface area contributed by atoms with E-state index in [1.165, 1.54) is 5.56 Å². The van der Waals surface area contributed by atoms with E-state index in [4.69, 9.17) is 9.84 Å². The first-order chi connectivity index (χ1) is 9.69.